The quantitative estimate of drug-likeness (QED) is 0.797. The summed E-state index contributed by atoms with van der Waals surface area (Å²) < 4.78 is 0. The van der Waals surface area contributed by atoms with Gasteiger partial charge in [-0.2, -0.15) is 0 Å². The topological polar surface area (TPSA) is 101 Å². The summed E-state index contributed by atoms with van der Waals surface area (Å²) in [5.41, 5.74) is 7.79. The molecule has 0 atom stereocenters. The fraction of sp³-hybridized carbons (Fsp3) is 0.211. The van der Waals surface area contributed by atoms with Gasteiger partial charge in [-0.1, -0.05) is 24.3 Å². The third-order valence-electron chi connectivity index (χ3n) is 4.40. The molecule has 0 fully saturated rings. The van der Waals surface area contributed by atoms with Gasteiger partial charge in [0.25, 0.3) is 5.91 Å². The van der Waals surface area contributed by atoms with E-state index in [2.05, 4.69) is 10.6 Å². The van der Waals surface area contributed by atoms with E-state index in [9.17, 15) is 14.4 Å². The number of anilines is 2. The molecule has 0 bridgehead atoms. The van der Waals surface area contributed by atoms with Gasteiger partial charge in [0.2, 0.25) is 11.8 Å². The zero-order valence-electron chi connectivity index (χ0n) is 14.1. The number of carbonyl (C=O) groups is 3. The van der Waals surface area contributed by atoms with Gasteiger partial charge >= 0.3 is 0 Å². The van der Waals surface area contributed by atoms with Gasteiger partial charge in [-0.3, -0.25) is 14.4 Å². The number of primary amides is 1. The van der Waals surface area contributed by atoms with E-state index in [0.29, 0.717) is 5.69 Å². The molecule has 0 saturated heterocycles. The second kappa shape index (κ2) is 6.05. The number of hydrogen-bond acceptors (Lipinski definition) is 3. The van der Waals surface area contributed by atoms with Crippen molar-refractivity contribution < 1.29 is 14.4 Å². The van der Waals surface area contributed by atoms with Crippen LogP contribution in [-0.2, 0) is 21.4 Å². The molecule has 1 aliphatic heterocycles. The van der Waals surface area contributed by atoms with Crippen LogP contribution in [0, 0.1) is 0 Å². The SMILES string of the molecule is CC1(C)C(=O)Nc2ccc(CC(=O)Nc3ccccc3C(N)=O)cc21. The predicted octanol–water partition coefficient (Wildman–Crippen LogP) is 2.20. The first-order valence-corrected chi connectivity index (χ1v) is 7.92. The van der Waals surface area contributed by atoms with E-state index < -0.39 is 11.3 Å². The Bertz CT molecular complexity index is 887. The second-order valence-corrected chi connectivity index (χ2v) is 6.59. The highest BCUT2D eigenvalue weighted by Crippen LogP contribution is 2.37. The van der Waals surface area contributed by atoms with Crippen LogP contribution in [-0.4, -0.2) is 17.7 Å². The minimum atomic E-state index is -0.625. The molecule has 3 amide bonds. The smallest absolute Gasteiger partial charge is 0.250 e. The molecule has 3 rings (SSSR count). The molecule has 4 N–H and O–H groups in total. The van der Waals surface area contributed by atoms with E-state index in [1.807, 2.05) is 26.0 Å². The number of nitrogens with one attached hydrogen (secondary N) is 2. The first-order chi connectivity index (χ1) is 11.8. The molecular formula is C19H19N3O3. The molecule has 2 aromatic carbocycles. The fourth-order valence-electron chi connectivity index (χ4n) is 2.92. The van der Waals surface area contributed by atoms with E-state index in [1.165, 1.54) is 0 Å². The van der Waals surface area contributed by atoms with Crippen molar-refractivity contribution in [2.24, 2.45) is 5.73 Å². The van der Waals surface area contributed by atoms with Gasteiger partial charge in [-0.15, -0.1) is 0 Å². The molecule has 128 valence electrons. The van der Waals surface area contributed by atoms with Crippen LogP contribution in [0.5, 0.6) is 0 Å². The van der Waals surface area contributed by atoms with Crippen LogP contribution >= 0.6 is 0 Å². The number of benzene rings is 2. The minimum Gasteiger partial charge on any atom is -0.366 e. The number of nitrogens with two attached hydrogens (primary N) is 1. The van der Waals surface area contributed by atoms with Crippen LogP contribution in [0.1, 0.15) is 35.3 Å². The summed E-state index contributed by atoms with van der Waals surface area (Å²) in [6.45, 7) is 3.70. The Kier molecular flexibility index (Phi) is 4.04. The van der Waals surface area contributed by atoms with Crippen molar-refractivity contribution in [3.05, 3.63) is 59.2 Å². The maximum Gasteiger partial charge on any atom is 0.250 e. The zero-order chi connectivity index (χ0) is 18.2. The van der Waals surface area contributed by atoms with Gasteiger partial charge in [0, 0.05) is 5.69 Å². The zero-order valence-corrected chi connectivity index (χ0v) is 14.1. The van der Waals surface area contributed by atoms with Crippen LogP contribution in [0.15, 0.2) is 42.5 Å². The van der Waals surface area contributed by atoms with Gasteiger partial charge in [0.05, 0.1) is 23.1 Å². The lowest BCUT2D eigenvalue weighted by Gasteiger charge is -2.16. The second-order valence-electron chi connectivity index (χ2n) is 6.59. The normalized spacial score (nSPS) is 14.6. The highest BCUT2D eigenvalue weighted by atomic mass is 16.2. The van der Waals surface area contributed by atoms with Crippen LogP contribution in [0.4, 0.5) is 11.4 Å². The van der Waals surface area contributed by atoms with Crippen molar-refractivity contribution in [2.75, 3.05) is 10.6 Å². The molecule has 0 radical (unpaired) electrons. The summed E-state index contributed by atoms with van der Waals surface area (Å²) in [5.74, 6) is -0.914. The largest absolute Gasteiger partial charge is 0.366 e. The van der Waals surface area contributed by atoms with Gasteiger partial charge in [-0.25, -0.2) is 0 Å². The molecule has 0 unspecified atom stereocenters. The molecule has 6 nitrogen and oxygen atoms in total. The molecule has 25 heavy (non-hydrogen) atoms. The fourth-order valence-corrected chi connectivity index (χ4v) is 2.92. The van der Waals surface area contributed by atoms with Gasteiger partial charge in [-0.05, 0) is 43.2 Å². The molecule has 2 aromatic rings. The number of para-hydroxylation sites is 1. The molecule has 6 heteroatoms. The van der Waals surface area contributed by atoms with Crippen molar-refractivity contribution >= 4 is 29.1 Å². The standard InChI is InChI=1S/C19H19N3O3/c1-19(2)13-9-11(7-8-15(13)22-18(19)25)10-16(23)21-14-6-4-3-5-12(14)17(20)24/h3-9H,10H2,1-2H3,(H2,20,24)(H,21,23)(H,22,25). The Labute approximate surface area is 145 Å². The molecule has 0 spiro atoms. The van der Waals surface area contributed by atoms with E-state index in [0.717, 1.165) is 16.8 Å². The lowest BCUT2D eigenvalue weighted by Crippen LogP contribution is -2.27. The maximum absolute atomic E-state index is 12.3. The molecule has 0 aromatic heterocycles. The van der Waals surface area contributed by atoms with Crippen LogP contribution in [0.3, 0.4) is 0 Å². The van der Waals surface area contributed by atoms with E-state index in [4.69, 9.17) is 5.73 Å². The number of hydrogen-bond donors (Lipinski definition) is 3. The molecular weight excluding hydrogens is 318 g/mol. The number of amides is 3. The van der Waals surface area contributed by atoms with Crippen LogP contribution in [0.2, 0.25) is 0 Å². The van der Waals surface area contributed by atoms with Gasteiger partial charge in [0.15, 0.2) is 0 Å². The van der Waals surface area contributed by atoms with Crippen molar-refractivity contribution in [1.82, 2.24) is 0 Å². The highest BCUT2D eigenvalue weighted by molar-refractivity contribution is 6.06. The Morgan fingerprint density at radius 3 is 2.60 bits per heavy atom. The minimum absolute atomic E-state index is 0.0560. The lowest BCUT2D eigenvalue weighted by atomic mass is 9.85. The summed E-state index contributed by atoms with van der Waals surface area (Å²) >= 11 is 0. The number of carbonyl (C=O) groups excluding carboxylic acids is 3. The molecule has 1 aliphatic rings. The number of rotatable bonds is 4. The molecule has 0 saturated carbocycles. The Balaban J connectivity index is 1.78. The average Bonchev–Trinajstić information content (AvgIpc) is 2.77. The molecule has 0 aliphatic carbocycles. The van der Waals surface area contributed by atoms with Crippen LogP contribution in [0.25, 0.3) is 0 Å². The Morgan fingerprint density at radius 1 is 1.16 bits per heavy atom. The van der Waals surface area contributed by atoms with E-state index in [-0.39, 0.29) is 23.8 Å². The maximum atomic E-state index is 12.3. The monoisotopic (exact) mass is 337 g/mol. The average molecular weight is 337 g/mol. The first kappa shape index (κ1) is 16.7. The highest BCUT2D eigenvalue weighted by Gasteiger charge is 2.38. The summed E-state index contributed by atoms with van der Waals surface area (Å²) in [6.07, 6.45) is 0.130. The summed E-state index contributed by atoms with van der Waals surface area (Å²) in [6, 6.07) is 12.1. The Hall–Kier alpha value is -3.15. The van der Waals surface area contributed by atoms with E-state index in [1.54, 1.807) is 30.3 Å². The lowest BCUT2D eigenvalue weighted by molar-refractivity contribution is -0.119. The summed E-state index contributed by atoms with van der Waals surface area (Å²) in [7, 11) is 0. The molecule has 1 heterocycles. The van der Waals surface area contributed by atoms with Gasteiger partial charge < -0.3 is 16.4 Å². The third-order valence-corrected chi connectivity index (χ3v) is 4.40. The van der Waals surface area contributed by atoms with Gasteiger partial charge in [0.1, 0.15) is 0 Å². The first-order valence-electron chi connectivity index (χ1n) is 7.92. The van der Waals surface area contributed by atoms with Crippen molar-refractivity contribution in [2.45, 2.75) is 25.7 Å². The van der Waals surface area contributed by atoms with Crippen molar-refractivity contribution in [3.63, 3.8) is 0 Å². The van der Waals surface area contributed by atoms with E-state index >= 15 is 0 Å². The number of fused-ring (bicyclic) bond motifs is 1. The van der Waals surface area contributed by atoms with Crippen LogP contribution < -0.4 is 16.4 Å². The van der Waals surface area contributed by atoms with Crippen molar-refractivity contribution in [3.8, 4) is 0 Å². The summed E-state index contributed by atoms with van der Waals surface area (Å²) in [4.78, 5) is 35.8. The Morgan fingerprint density at radius 2 is 1.88 bits per heavy atom. The third kappa shape index (κ3) is 3.10. The summed E-state index contributed by atoms with van der Waals surface area (Å²) in [5, 5.41) is 5.55. The van der Waals surface area contributed by atoms with Crippen molar-refractivity contribution in [1.29, 1.82) is 0 Å². The predicted molar refractivity (Wildman–Crippen MR) is 95.4 cm³/mol.